The molecule has 1 unspecified atom stereocenters. The molecule has 0 radical (unpaired) electrons. The molecule has 1 aromatic rings. The molecular weight excluding hydrogens is 386 g/mol. The Labute approximate surface area is 155 Å². The molecule has 3 rings (SSSR count). The number of hydrogen-bond acceptors (Lipinski definition) is 3. The number of benzene rings is 1. The lowest BCUT2D eigenvalue weighted by Crippen LogP contribution is -2.51. The normalized spacial score (nSPS) is 27.3. The highest BCUT2D eigenvalue weighted by Gasteiger charge is 2.54. The molecular formula is C18H22BrN3O3. The Morgan fingerprint density at radius 2 is 1.88 bits per heavy atom. The van der Waals surface area contributed by atoms with Crippen LogP contribution < -0.4 is 10.6 Å². The van der Waals surface area contributed by atoms with Gasteiger partial charge in [0.2, 0.25) is 5.91 Å². The first-order valence-electron chi connectivity index (χ1n) is 8.55. The van der Waals surface area contributed by atoms with Crippen LogP contribution in [0.15, 0.2) is 28.7 Å². The van der Waals surface area contributed by atoms with Crippen LogP contribution in [0.25, 0.3) is 0 Å². The van der Waals surface area contributed by atoms with Gasteiger partial charge in [-0.25, -0.2) is 9.69 Å². The summed E-state index contributed by atoms with van der Waals surface area (Å²) in [4.78, 5) is 38.9. The lowest BCUT2D eigenvalue weighted by molar-refractivity contribution is -0.137. The summed E-state index contributed by atoms with van der Waals surface area (Å²) in [6, 6.07) is 5.79. The van der Waals surface area contributed by atoms with Gasteiger partial charge in [-0.05, 0) is 62.8 Å². The van der Waals surface area contributed by atoms with Gasteiger partial charge in [-0.15, -0.1) is 0 Å². The molecule has 1 saturated heterocycles. The largest absolute Gasteiger partial charge is 0.325 e. The lowest BCUT2D eigenvalue weighted by atomic mass is 9.77. The highest BCUT2D eigenvalue weighted by molar-refractivity contribution is 9.10. The Kier molecular flexibility index (Phi) is 4.86. The smallest absolute Gasteiger partial charge is 0.324 e. The van der Waals surface area contributed by atoms with E-state index in [1.807, 2.05) is 12.1 Å². The molecule has 25 heavy (non-hydrogen) atoms. The van der Waals surface area contributed by atoms with Gasteiger partial charge in [-0.2, -0.15) is 0 Å². The maximum Gasteiger partial charge on any atom is 0.325 e. The Bertz CT molecular complexity index is 696. The lowest BCUT2D eigenvalue weighted by Gasteiger charge is -2.34. The number of nitrogens with zero attached hydrogens (tertiary/aromatic N) is 1. The van der Waals surface area contributed by atoms with Crippen molar-refractivity contribution < 1.29 is 14.4 Å². The molecule has 0 aromatic heterocycles. The van der Waals surface area contributed by atoms with Gasteiger partial charge < -0.3 is 10.6 Å². The summed E-state index contributed by atoms with van der Waals surface area (Å²) in [6.07, 6.45) is 3.07. The fraction of sp³-hybridized carbons (Fsp3) is 0.500. The minimum absolute atomic E-state index is 0.275. The topological polar surface area (TPSA) is 78.5 Å². The fourth-order valence-electron chi connectivity index (χ4n) is 3.48. The van der Waals surface area contributed by atoms with Crippen molar-refractivity contribution in [3.8, 4) is 0 Å². The van der Waals surface area contributed by atoms with E-state index < -0.39 is 17.6 Å². The monoisotopic (exact) mass is 407 g/mol. The van der Waals surface area contributed by atoms with Gasteiger partial charge in [0.05, 0.1) is 0 Å². The van der Waals surface area contributed by atoms with Crippen LogP contribution in [0.2, 0.25) is 0 Å². The van der Waals surface area contributed by atoms with Crippen LogP contribution in [-0.4, -0.2) is 34.3 Å². The number of carbonyl (C=O) groups is 3. The third-order valence-corrected chi connectivity index (χ3v) is 5.73. The number of imide groups is 1. The second-order valence-electron chi connectivity index (χ2n) is 7.04. The first-order valence-corrected chi connectivity index (χ1v) is 9.34. The number of amides is 4. The van der Waals surface area contributed by atoms with Gasteiger partial charge in [0.25, 0.3) is 5.91 Å². The molecule has 2 fully saturated rings. The van der Waals surface area contributed by atoms with Crippen molar-refractivity contribution in [2.24, 2.45) is 5.92 Å². The van der Waals surface area contributed by atoms with Gasteiger partial charge >= 0.3 is 6.03 Å². The summed E-state index contributed by atoms with van der Waals surface area (Å²) in [5.74, 6) is -0.0996. The Hall–Kier alpha value is -1.89. The number of anilines is 1. The molecule has 7 heteroatoms. The zero-order valence-electron chi connectivity index (χ0n) is 14.3. The molecule has 6 nitrogen and oxygen atoms in total. The molecule has 1 aliphatic carbocycles. The number of hydrogen-bond donors (Lipinski definition) is 2. The predicted octanol–water partition coefficient (Wildman–Crippen LogP) is 3.28. The molecule has 1 aliphatic heterocycles. The van der Waals surface area contributed by atoms with Crippen molar-refractivity contribution in [2.45, 2.75) is 51.1 Å². The third-order valence-electron chi connectivity index (χ3n) is 5.20. The van der Waals surface area contributed by atoms with Gasteiger partial charge in [-0.1, -0.05) is 22.9 Å². The summed E-state index contributed by atoms with van der Waals surface area (Å²) < 4.78 is 0.904. The number of carbonyl (C=O) groups excluding carboxylic acids is 3. The maximum absolute atomic E-state index is 12.9. The van der Waals surface area contributed by atoms with Crippen molar-refractivity contribution in [1.29, 1.82) is 0 Å². The van der Waals surface area contributed by atoms with E-state index >= 15 is 0 Å². The summed E-state index contributed by atoms with van der Waals surface area (Å²) in [6.45, 7) is 3.73. The molecule has 2 aliphatic rings. The number of nitrogens with one attached hydrogen (secondary N) is 2. The average molecular weight is 408 g/mol. The minimum Gasteiger partial charge on any atom is -0.324 e. The molecule has 134 valence electrons. The molecule has 1 aromatic carbocycles. The maximum atomic E-state index is 12.9. The van der Waals surface area contributed by atoms with Crippen LogP contribution in [0.4, 0.5) is 10.5 Å². The van der Waals surface area contributed by atoms with E-state index in [0.717, 1.165) is 22.2 Å². The first kappa shape index (κ1) is 17.9. The van der Waals surface area contributed by atoms with Gasteiger partial charge in [0.1, 0.15) is 11.6 Å². The van der Waals surface area contributed by atoms with Crippen LogP contribution in [0, 0.1) is 5.92 Å². The molecule has 0 bridgehead atoms. The van der Waals surface area contributed by atoms with E-state index in [2.05, 4.69) is 33.5 Å². The van der Waals surface area contributed by atoms with E-state index in [-0.39, 0.29) is 11.8 Å². The van der Waals surface area contributed by atoms with Crippen LogP contribution in [0.1, 0.15) is 39.5 Å². The van der Waals surface area contributed by atoms with Gasteiger partial charge in [0, 0.05) is 10.2 Å². The van der Waals surface area contributed by atoms with Crippen molar-refractivity contribution >= 4 is 39.5 Å². The quantitative estimate of drug-likeness (QED) is 0.754. The SMILES string of the molecule is CC1CCC2(CC1)NC(=O)N(C(C)C(=O)Nc1ccc(Br)cc1)C2=O. The zero-order chi connectivity index (χ0) is 18.2. The molecule has 1 atom stereocenters. The molecule has 4 amide bonds. The summed E-state index contributed by atoms with van der Waals surface area (Å²) >= 11 is 3.34. The van der Waals surface area contributed by atoms with E-state index in [1.54, 1.807) is 19.1 Å². The molecule has 1 saturated carbocycles. The zero-order valence-corrected chi connectivity index (χ0v) is 15.9. The Morgan fingerprint density at radius 3 is 2.48 bits per heavy atom. The summed E-state index contributed by atoms with van der Waals surface area (Å²) in [7, 11) is 0. The number of rotatable bonds is 3. The standard InChI is InChI=1S/C18H22BrN3O3/c1-11-7-9-18(10-8-11)16(24)22(17(25)21-18)12(2)15(23)20-14-5-3-13(19)4-6-14/h3-6,11-12H,7-10H2,1-2H3,(H,20,23)(H,21,25). The van der Waals surface area contributed by atoms with Crippen LogP contribution in [0.3, 0.4) is 0 Å². The van der Waals surface area contributed by atoms with Crippen LogP contribution >= 0.6 is 15.9 Å². The molecule has 1 spiro atoms. The third kappa shape index (κ3) is 3.42. The Balaban J connectivity index is 1.72. The van der Waals surface area contributed by atoms with E-state index in [9.17, 15) is 14.4 Å². The second kappa shape index (κ2) is 6.78. The van der Waals surface area contributed by atoms with Crippen molar-refractivity contribution in [3.63, 3.8) is 0 Å². The van der Waals surface area contributed by atoms with E-state index in [4.69, 9.17) is 0 Å². The fourth-order valence-corrected chi connectivity index (χ4v) is 3.75. The van der Waals surface area contributed by atoms with Crippen molar-refractivity contribution in [2.75, 3.05) is 5.32 Å². The highest BCUT2D eigenvalue weighted by atomic mass is 79.9. The average Bonchev–Trinajstić information content (AvgIpc) is 2.82. The van der Waals surface area contributed by atoms with Gasteiger partial charge in [-0.3, -0.25) is 9.59 Å². The van der Waals surface area contributed by atoms with Crippen LogP contribution in [0.5, 0.6) is 0 Å². The van der Waals surface area contributed by atoms with Crippen molar-refractivity contribution in [1.82, 2.24) is 10.2 Å². The molecule has 2 N–H and O–H groups in total. The highest BCUT2D eigenvalue weighted by Crippen LogP contribution is 2.37. The van der Waals surface area contributed by atoms with E-state index in [0.29, 0.717) is 24.4 Å². The number of urea groups is 1. The van der Waals surface area contributed by atoms with Crippen molar-refractivity contribution in [3.05, 3.63) is 28.7 Å². The predicted molar refractivity (Wildman–Crippen MR) is 98.0 cm³/mol. The second-order valence-corrected chi connectivity index (χ2v) is 7.96. The minimum atomic E-state index is -0.866. The molecule has 1 heterocycles. The summed E-state index contributed by atoms with van der Waals surface area (Å²) in [5, 5.41) is 5.60. The van der Waals surface area contributed by atoms with Crippen LogP contribution in [-0.2, 0) is 9.59 Å². The first-order chi connectivity index (χ1) is 11.8. The van der Waals surface area contributed by atoms with E-state index in [1.165, 1.54) is 0 Å². The summed E-state index contributed by atoms with van der Waals surface area (Å²) in [5.41, 5.74) is -0.205. The van der Waals surface area contributed by atoms with Gasteiger partial charge in [0.15, 0.2) is 0 Å². The Morgan fingerprint density at radius 1 is 1.28 bits per heavy atom. The number of halogens is 1.